The van der Waals surface area contributed by atoms with Gasteiger partial charge in [-0.3, -0.25) is 4.99 Å². The van der Waals surface area contributed by atoms with Crippen LogP contribution in [0.1, 0.15) is 38.7 Å². The molecule has 36 heavy (non-hydrogen) atoms. The van der Waals surface area contributed by atoms with Crippen LogP contribution in [0.3, 0.4) is 0 Å². The van der Waals surface area contributed by atoms with Crippen LogP contribution < -0.4 is 21.3 Å². The predicted molar refractivity (Wildman–Crippen MR) is 143 cm³/mol. The standard InChI is InChI=1S/C27H33FN8/c1-17(2)24(30-3)20-13-18(5-7-22(20)29)25-21(28)15-32-26(35-25)34-23-8-6-19(14-31-23)36-12-10-27(16-36)9-4-11-33-27/h5-8,13-15,17,33H,4,9-12,16,29H2,1-3H3,(H,31,32,34,35). The van der Waals surface area contributed by atoms with Gasteiger partial charge in [0.2, 0.25) is 5.95 Å². The molecule has 0 bridgehead atoms. The van der Waals surface area contributed by atoms with E-state index >= 15 is 0 Å². The van der Waals surface area contributed by atoms with Gasteiger partial charge in [-0.15, -0.1) is 0 Å². The molecule has 0 radical (unpaired) electrons. The SMILES string of the molecule is CN=C(c1cc(-c2nc(Nc3ccc(N4CCC5(CCCN5)C4)cn3)ncc2F)ccc1N)C(C)C. The van der Waals surface area contributed by atoms with Crippen LogP contribution in [0.5, 0.6) is 0 Å². The molecule has 1 unspecified atom stereocenters. The number of rotatable bonds is 6. The van der Waals surface area contributed by atoms with Crippen molar-refractivity contribution in [3.05, 3.63) is 54.1 Å². The zero-order chi connectivity index (χ0) is 25.3. The summed E-state index contributed by atoms with van der Waals surface area (Å²) >= 11 is 0. The van der Waals surface area contributed by atoms with Crippen molar-refractivity contribution in [2.75, 3.05) is 42.6 Å². The third kappa shape index (κ3) is 4.75. The molecule has 2 aliphatic rings. The molecule has 0 amide bonds. The number of aliphatic imine (C=N–C) groups is 1. The second-order valence-corrected chi connectivity index (χ2v) is 9.96. The maximum absolute atomic E-state index is 14.8. The summed E-state index contributed by atoms with van der Waals surface area (Å²) in [6.07, 6.45) is 6.68. The summed E-state index contributed by atoms with van der Waals surface area (Å²) in [4.78, 5) is 19.9. The predicted octanol–water partition coefficient (Wildman–Crippen LogP) is 4.41. The molecule has 2 aromatic heterocycles. The lowest BCUT2D eigenvalue weighted by Gasteiger charge is -2.25. The van der Waals surface area contributed by atoms with Crippen LogP contribution in [0.25, 0.3) is 11.3 Å². The van der Waals surface area contributed by atoms with Gasteiger partial charge in [0.15, 0.2) is 5.82 Å². The number of halogens is 1. The highest BCUT2D eigenvalue weighted by Gasteiger charge is 2.40. The Hall–Kier alpha value is -3.59. The molecule has 2 fully saturated rings. The third-order valence-electron chi connectivity index (χ3n) is 7.17. The average Bonchev–Trinajstić information content (AvgIpc) is 3.52. The van der Waals surface area contributed by atoms with E-state index in [0.29, 0.717) is 17.1 Å². The van der Waals surface area contributed by atoms with E-state index < -0.39 is 5.82 Å². The summed E-state index contributed by atoms with van der Waals surface area (Å²) in [5.41, 5.74) is 10.6. The number of nitrogen functional groups attached to an aromatic ring is 1. The van der Waals surface area contributed by atoms with E-state index in [1.165, 1.54) is 19.0 Å². The smallest absolute Gasteiger partial charge is 0.229 e. The van der Waals surface area contributed by atoms with Crippen molar-refractivity contribution in [2.45, 2.75) is 38.6 Å². The molecule has 5 rings (SSSR count). The molecule has 1 spiro atoms. The first-order valence-corrected chi connectivity index (χ1v) is 12.5. The van der Waals surface area contributed by atoms with Gasteiger partial charge in [0.05, 0.1) is 18.1 Å². The fourth-order valence-corrected chi connectivity index (χ4v) is 5.32. The van der Waals surface area contributed by atoms with Gasteiger partial charge in [0.25, 0.3) is 0 Å². The maximum atomic E-state index is 14.8. The lowest BCUT2D eigenvalue weighted by atomic mass is 9.95. The van der Waals surface area contributed by atoms with Crippen molar-refractivity contribution in [1.29, 1.82) is 0 Å². The third-order valence-corrected chi connectivity index (χ3v) is 7.17. The average molecular weight is 489 g/mol. The minimum Gasteiger partial charge on any atom is -0.398 e. The Bertz CT molecular complexity index is 1270. The van der Waals surface area contributed by atoms with Gasteiger partial charge in [-0.2, -0.15) is 0 Å². The van der Waals surface area contributed by atoms with E-state index in [1.807, 2.05) is 32.2 Å². The van der Waals surface area contributed by atoms with E-state index in [4.69, 9.17) is 5.73 Å². The van der Waals surface area contributed by atoms with Crippen molar-refractivity contribution < 1.29 is 4.39 Å². The number of nitrogens with one attached hydrogen (secondary N) is 2. The molecule has 9 heteroatoms. The van der Waals surface area contributed by atoms with Gasteiger partial charge in [0.1, 0.15) is 11.5 Å². The summed E-state index contributed by atoms with van der Waals surface area (Å²) in [5, 5.41) is 6.79. The highest BCUT2D eigenvalue weighted by atomic mass is 19.1. The van der Waals surface area contributed by atoms with Gasteiger partial charge in [0, 0.05) is 48.2 Å². The van der Waals surface area contributed by atoms with E-state index in [9.17, 15) is 4.39 Å². The summed E-state index contributed by atoms with van der Waals surface area (Å²) in [6, 6.07) is 9.32. The number of nitrogens with zero attached hydrogens (tertiary/aromatic N) is 5. The largest absolute Gasteiger partial charge is 0.398 e. The highest BCUT2D eigenvalue weighted by molar-refractivity contribution is 6.06. The summed E-state index contributed by atoms with van der Waals surface area (Å²) in [6.45, 7) is 7.24. The number of aromatic nitrogens is 3. The Balaban J connectivity index is 1.35. The van der Waals surface area contributed by atoms with Crippen LogP contribution in [0.15, 0.2) is 47.7 Å². The van der Waals surface area contributed by atoms with E-state index in [-0.39, 0.29) is 23.1 Å². The minimum absolute atomic E-state index is 0.176. The second kappa shape index (κ2) is 9.81. The Morgan fingerprint density at radius 2 is 2.06 bits per heavy atom. The molecular weight excluding hydrogens is 455 g/mol. The Kier molecular flexibility index (Phi) is 6.57. The van der Waals surface area contributed by atoms with E-state index in [2.05, 4.69) is 41.5 Å². The molecule has 0 aliphatic carbocycles. The van der Waals surface area contributed by atoms with Crippen molar-refractivity contribution in [3.63, 3.8) is 0 Å². The van der Waals surface area contributed by atoms with Crippen molar-refractivity contribution in [2.24, 2.45) is 10.9 Å². The first kappa shape index (κ1) is 24.1. The van der Waals surface area contributed by atoms with Crippen LogP contribution in [0.2, 0.25) is 0 Å². The molecule has 0 saturated carbocycles. The van der Waals surface area contributed by atoms with E-state index in [1.54, 1.807) is 19.2 Å². The molecule has 8 nitrogen and oxygen atoms in total. The Labute approximate surface area is 211 Å². The molecule has 4 heterocycles. The van der Waals surface area contributed by atoms with Gasteiger partial charge >= 0.3 is 0 Å². The lowest BCUT2D eigenvalue weighted by molar-refractivity contribution is 0.419. The molecule has 2 saturated heterocycles. The van der Waals surface area contributed by atoms with Crippen LogP contribution in [-0.4, -0.2) is 52.9 Å². The van der Waals surface area contributed by atoms with Crippen LogP contribution >= 0.6 is 0 Å². The number of pyridine rings is 1. The van der Waals surface area contributed by atoms with Gasteiger partial charge < -0.3 is 21.3 Å². The Morgan fingerprint density at radius 3 is 2.75 bits per heavy atom. The molecule has 188 valence electrons. The van der Waals surface area contributed by atoms with E-state index in [0.717, 1.165) is 43.0 Å². The molecule has 4 N–H and O–H groups in total. The van der Waals surface area contributed by atoms with Crippen LogP contribution in [-0.2, 0) is 0 Å². The number of nitrogens with two attached hydrogens (primary N) is 1. The molecule has 3 aromatic rings. The number of hydrogen-bond acceptors (Lipinski definition) is 8. The second-order valence-electron chi connectivity index (χ2n) is 9.96. The summed E-state index contributed by atoms with van der Waals surface area (Å²) in [5.74, 6) is 0.535. The maximum Gasteiger partial charge on any atom is 0.229 e. The van der Waals surface area contributed by atoms with Crippen LogP contribution in [0, 0.1) is 11.7 Å². The number of hydrogen-bond donors (Lipinski definition) is 3. The van der Waals surface area contributed by atoms with Crippen molar-refractivity contribution in [1.82, 2.24) is 20.3 Å². The summed E-state index contributed by atoms with van der Waals surface area (Å²) in [7, 11) is 1.74. The Morgan fingerprint density at radius 1 is 1.19 bits per heavy atom. The quantitative estimate of drug-likeness (QED) is 0.349. The monoisotopic (exact) mass is 488 g/mol. The molecular formula is C27H33FN8. The zero-order valence-corrected chi connectivity index (χ0v) is 21.1. The van der Waals surface area contributed by atoms with Crippen molar-refractivity contribution >= 4 is 28.9 Å². The fraction of sp³-hybridized carbons (Fsp3) is 0.407. The highest BCUT2D eigenvalue weighted by Crippen LogP contribution is 2.33. The first-order chi connectivity index (χ1) is 17.4. The molecule has 1 aromatic carbocycles. The van der Waals surface area contributed by atoms with Gasteiger partial charge in [-0.05, 0) is 56.0 Å². The van der Waals surface area contributed by atoms with Crippen LogP contribution in [0.4, 0.5) is 27.5 Å². The summed E-state index contributed by atoms with van der Waals surface area (Å²) < 4.78 is 14.8. The topological polar surface area (TPSA) is 104 Å². The normalized spacial score (nSPS) is 20.0. The molecule has 2 aliphatic heterocycles. The minimum atomic E-state index is -0.511. The van der Waals surface area contributed by atoms with Gasteiger partial charge in [-0.1, -0.05) is 19.9 Å². The first-order valence-electron chi connectivity index (χ1n) is 12.5. The lowest BCUT2D eigenvalue weighted by Crippen LogP contribution is -2.42. The molecule has 1 atom stereocenters. The number of benzene rings is 1. The van der Waals surface area contributed by atoms with Crippen molar-refractivity contribution in [3.8, 4) is 11.3 Å². The fourth-order valence-electron chi connectivity index (χ4n) is 5.32. The zero-order valence-electron chi connectivity index (χ0n) is 21.1. The van der Waals surface area contributed by atoms with Gasteiger partial charge in [-0.25, -0.2) is 19.3 Å². The number of anilines is 4.